The molecule has 1 heterocycles. The van der Waals surface area contributed by atoms with Crippen LogP contribution < -0.4 is 0 Å². The summed E-state index contributed by atoms with van der Waals surface area (Å²) in [6.07, 6.45) is 0. The highest BCUT2D eigenvalue weighted by Crippen LogP contribution is 2.27. The van der Waals surface area contributed by atoms with E-state index in [0.717, 1.165) is 51.0 Å². The van der Waals surface area contributed by atoms with Crippen LogP contribution in [0.1, 0.15) is 25.5 Å². The van der Waals surface area contributed by atoms with Gasteiger partial charge >= 0.3 is 0 Å². The van der Waals surface area contributed by atoms with E-state index in [0.29, 0.717) is 6.04 Å². The average molecular weight is 297 g/mol. The Hall–Kier alpha value is -0.610. The normalized spacial score (nSPS) is 19.1. The number of hydrogen-bond acceptors (Lipinski definition) is 3. The standard InChI is InChI=1S/C16H25ClN2O/c1-3-20-13-12-18-8-10-19(11-9-18)14(2)15-6-4-5-7-16(15)17/h4-7,14H,3,8-13H2,1-2H3. The Balaban J connectivity index is 1.83. The van der Waals surface area contributed by atoms with Gasteiger partial charge in [-0.25, -0.2) is 0 Å². The Morgan fingerprint density at radius 3 is 2.55 bits per heavy atom. The minimum atomic E-state index is 0.387. The van der Waals surface area contributed by atoms with Gasteiger partial charge in [0.05, 0.1) is 6.61 Å². The van der Waals surface area contributed by atoms with E-state index >= 15 is 0 Å². The fourth-order valence-electron chi connectivity index (χ4n) is 2.72. The van der Waals surface area contributed by atoms with Gasteiger partial charge in [-0.1, -0.05) is 29.8 Å². The second-order valence-electron chi connectivity index (χ2n) is 5.27. The first-order chi connectivity index (χ1) is 9.72. The number of hydrogen-bond donors (Lipinski definition) is 0. The van der Waals surface area contributed by atoms with Crippen LogP contribution in [0.3, 0.4) is 0 Å². The highest BCUT2D eigenvalue weighted by molar-refractivity contribution is 6.31. The largest absolute Gasteiger partial charge is 0.380 e. The Bertz CT molecular complexity index is 405. The van der Waals surface area contributed by atoms with E-state index in [4.69, 9.17) is 16.3 Å². The lowest BCUT2D eigenvalue weighted by Gasteiger charge is -2.38. The quantitative estimate of drug-likeness (QED) is 0.751. The van der Waals surface area contributed by atoms with Crippen molar-refractivity contribution in [3.63, 3.8) is 0 Å². The van der Waals surface area contributed by atoms with Gasteiger partial charge in [-0.2, -0.15) is 0 Å². The molecule has 1 aromatic carbocycles. The first-order valence-corrected chi connectivity index (χ1v) is 7.88. The molecular formula is C16H25ClN2O. The minimum Gasteiger partial charge on any atom is -0.380 e. The van der Waals surface area contributed by atoms with Gasteiger partial charge in [-0.15, -0.1) is 0 Å². The first-order valence-electron chi connectivity index (χ1n) is 7.51. The second-order valence-corrected chi connectivity index (χ2v) is 5.68. The van der Waals surface area contributed by atoms with Crippen LogP contribution in [0.25, 0.3) is 0 Å². The molecule has 1 fully saturated rings. The van der Waals surface area contributed by atoms with Crippen molar-refractivity contribution in [2.24, 2.45) is 0 Å². The number of benzene rings is 1. The molecule has 3 nitrogen and oxygen atoms in total. The van der Waals surface area contributed by atoms with Crippen LogP contribution >= 0.6 is 11.6 Å². The minimum absolute atomic E-state index is 0.387. The zero-order chi connectivity index (χ0) is 14.4. The summed E-state index contributed by atoms with van der Waals surface area (Å²) in [6.45, 7) is 11.4. The fourth-order valence-corrected chi connectivity index (χ4v) is 3.02. The van der Waals surface area contributed by atoms with Crippen LogP contribution in [0.4, 0.5) is 0 Å². The molecule has 0 aromatic heterocycles. The Labute approximate surface area is 127 Å². The zero-order valence-corrected chi connectivity index (χ0v) is 13.3. The maximum absolute atomic E-state index is 6.30. The molecule has 0 bridgehead atoms. The van der Waals surface area contributed by atoms with E-state index in [1.54, 1.807) is 0 Å². The molecule has 1 aliphatic rings. The van der Waals surface area contributed by atoms with Gasteiger partial charge in [0.25, 0.3) is 0 Å². The van der Waals surface area contributed by atoms with Gasteiger partial charge in [0.2, 0.25) is 0 Å². The number of ether oxygens (including phenoxy) is 1. The summed E-state index contributed by atoms with van der Waals surface area (Å²) in [6, 6.07) is 8.55. The molecular weight excluding hydrogens is 272 g/mol. The molecule has 4 heteroatoms. The highest BCUT2D eigenvalue weighted by atomic mass is 35.5. The van der Waals surface area contributed by atoms with Crippen molar-refractivity contribution in [2.45, 2.75) is 19.9 Å². The van der Waals surface area contributed by atoms with Crippen molar-refractivity contribution in [1.82, 2.24) is 9.80 Å². The number of piperazine rings is 1. The lowest BCUT2D eigenvalue weighted by Crippen LogP contribution is -2.47. The van der Waals surface area contributed by atoms with Crippen LogP contribution in [0.2, 0.25) is 5.02 Å². The molecule has 2 rings (SSSR count). The molecule has 1 atom stereocenters. The van der Waals surface area contributed by atoms with E-state index in [2.05, 4.69) is 28.9 Å². The number of nitrogens with zero attached hydrogens (tertiary/aromatic N) is 2. The molecule has 1 aliphatic heterocycles. The lowest BCUT2D eigenvalue weighted by atomic mass is 10.1. The molecule has 0 spiro atoms. The number of halogens is 1. The van der Waals surface area contributed by atoms with Gasteiger partial charge in [-0.05, 0) is 25.5 Å². The van der Waals surface area contributed by atoms with Crippen molar-refractivity contribution >= 4 is 11.6 Å². The van der Waals surface area contributed by atoms with Crippen LogP contribution in [-0.2, 0) is 4.74 Å². The molecule has 1 saturated heterocycles. The summed E-state index contributed by atoms with van der Waals surface area (Å²) in [5.41, 5.74) is 1.23. The summed E-state index contributed by atoms with van der Waals surface area (Å²) in [7, 11) is 0. The average Bonchev–Trinajstić information content (AvgIpc) is 2.48. The second kappa shape index (κ2) is 7.99. The van der Waals surface area contributed by atoms with E-state index in [9.17, 15) is 0 Å². The van der Waals surface area contributed by atoms with Crippen molar-refractivity contribution < 1.29 is 4.74 Å². The first kappa shape index (κ1) is 15.8. The molecule has 0 saturated carbocycles. The Morgan fingerprint density at radius 2 is 1.90 bits per heavy atom. The summed E-state index contributed by atoms with van der Waals surface area (Å²) >= 11 is 6.30. The van der Waals surface area contributed by atoms with Crippen LogP contribution in [0.5, 0.6) is 0 Å². The zero-order valence-electron chi connectivity index (χ0n) is 12.5. The van der Waals surface area contributed by atoms with Crippen molar-refractivity contribution in [3.8, 4) is 0 Å². The molecule has 1 unspecified atom stereocenters. The third-order valence-electron chi connectivity index (χ3n) is 4.07. The van der Waals surface area contributed by atoms with Gasteiger partial charge in [0, 0.05) is 50.4 Å². The van der Waals surface area contributed by atoms with Crippen LogP contribution in [0, 0.1) is 0 Å². The molecule has 112 valence electrons. The predicted octanol–water partition coefficient (Wildman–Crippen LogP) is 3.06. The topological polar surface area (TPSA) is 15.7 Å². The predicted molar refractivity (Wildman–Crippen MR) is 84.4 cm³/mol. The molecule has 0 amide bonds. The summed E-state index contributed by atoms with van der Waals surface area (Å²) < 4.78 is 5.42. The van der Waals surface area contributed by atoms with Gasteiger partial charge in [0.15, 0.2) is 0 Å². The van der Waals surface area contributed by atoms with Crippen LogP contribution in [0.15, 0.2) is 24.3 Å². The third kappa shape index (κ3) is 4.19. The van der Waals surface area contributed by atoms with Crippen molar-refractivity contribution in [3.05, 3.63) is 34.9 Å². The van der Waals surface area contributed by atoms with Crippen LogP contribution in [-0.4, -0.2) is 55.7 Å². The summed E-state index contributed by atoms with van der Waals surface area (Å²) in [5.74, 6) is 0. The Kier molecular flexibility index (Phi) is 6.30. The monoisotopic (exact) mass is 296 g/mol. The molecule has 1 aromatic rings. The molecule has 0 N–H and O–H groups in total. The van der Waals surface area contributed by atoms with Gasteiger partial charge in [-0.3, -0.25) is 9.80 Å². The van der Waals surface area contributed by atoms with E-state index < -0.39 is 0 Å². The lowest BCUT2D eigenvalue weighted by molar-refractivity contribution is 0.0675. The van der Waals surface area contributed by atoms with Crippen molar-refractivity contribution in [2.75, 3.05) is 45.9 Å². The fraction of sp³-hybridized carbons (Fsp3) is 0.625. The maximum atomic E-state index is 6.30. The third-order valence-corrected chi connectivity index (χ3v) is 4.41. The van der Waals surface area contributed by atoms with E-state index in [1.807, 2.05) is 19.1 Å². The summed E-state index contributed by atoms with van der Waals surface area (Å²) in [5, 5.41) is 0.874. The molecule has 0 aliphatic carbocycles. The number of rotatable bonds is 6. The smallest absolute Gasteiger partial charge is 0.0593 e. The SMILES string of the molecule is CCOCCN1CCN(C(C)c2ccccc2Cl)CC1. The maximum Gasteiger partial charge on any atom is 0.0593 e. The van der Waals surface area contributed by atoms with Gasteiger partial charge in [0.1, 0.15) is 0 Å². The highest BCUT2D eigenvalue weighted by Gasteiger charge is 2.22. The van der Waals surface area contributed by atoms with E-state index in [-0.39, 0.29) is 0 Å². The Morgan fingerprint density at radius 1 is 1.20 bits per heavy atom. The molecule has 0 radical (unpaired) electrons. The van der Waals surface area contributed by atoms with Gasteiger partial charge < -0.3 is 4.74 Å². The molecule has 20 heavy (non-hydrogen) atoms. The van der Waals surface area contributed by atoms with Crippen molar-refractivity contribution in [1.29, 1.82) is 0 Å². The summed E-state index contributed by atoms with van der Waals surface area (Å²) in [4.78, 5) is 4.99. The van der Waals surface area contributed by atoms with E-state index in [1.165, 1.54) is 5.56 Å².